The van der Waals surface area contributed by atoms with Gasteiger partial charge in [0.15, 0.2) is 24.2 Å². The first-order chi connectivity index (χ1) is 15.2. The molecule has 0 aromatic heterocycles. The van der Waals surface area contributed by atoms with Crippen LogP contribution in [-0.2, 0) is 19.6 Å². The summed E-state index contributed by atoms with van der Waals surface area (Å²) < 4.78 is 40.9. The van der Waals surface area contributed by atoms with E-state index < -0.39 is 40.6 Å². The number of imide groups is 1. The standard InChI is InChI=1S/C20H21N3O8S/c1-32(27,28)23-14-6-4-5-13(9-14)19(25)30-12-18(24)22-20(26)21-10-15-11-29-16-7-2-3-8-17(16)31-15/h2-9,15,23H,10-12H2,1H3,(H2,21,22,24,26). The number of urea groups is 1. The molecule has 0 bridgehead atoms. The number of anilines is 1. The van der Waals surface area contributed by atoms with Gasteiger partial charge in [-0.15, -0.1) is 0 Å². The van der Waals surface area contributed by atoms with Crippen molar-refractivity contribution in [2.45, 2.75) is 6.10 Å². The van der Waals surface area contributed by atoms with Gasteiger partial charge < -0.3 is 19.5 Å². The molecule has 3 amide bonds. The zero-order chi connectivity index (χ0) is 23.1. The first-order valence-electron chi connectivity index (χ1n) is 9.41. The Bertz CT molecular complexity index is 1120. The molecule has 2 aromatic rings. The van der Waals surface area contributed by atoms with Gasteiger partial charge >= 0.3 is 12.0 Å². The smallest absolute Gasteiger partial charge is 0.338 e. The van der Waals surface area contributed by atoms with Crippen molar-refractivity contribution in [2.75, 3.05) is 30.7 Å². The van der Waals surface area contributed by atoms with Gasteiger partial charge in [-0.25, -0.2) is 18.0 Å². The van der Waals surface area contributed by atoms with Crippen molar-refractivity contribution < 1.29 is 37.0 Å². The van der Waals surface area contributed by atoms with Crippen molar-refractivity contribution in [1.29, 1.82) is 0 Å². The zero-order valence-electron chi connectivity index (χ0n) is 17.0. The summed E-state index contributed by atoms with van der Waals surface area (Å²) in [7, 11) is -3.51. The van der Waals surface area contributed by atoms with E-state index in [2.05, 4.69) is 10.0 Å². The second kappa shape index (κ2) is 10.0. The lowest BCUT2D eigenvalue weighted by atomic mass is 10.2. The first kappa shape index (κ1) is 22.9. The summed E-state index contributed by atoms with van der Waals surface area (Å²) in [5.41, 5.74) is 0.202. The molecule has 1 aliphatic heterocycles. The highest BCUT2D eigenvalue weighted by Gasteiger charge is 2.21. The van der Waals surface area contributed by atoms with Gasteiger partial charge in [-0.05, 0) is 30.3 Å². The summed E-state index contributed by atoms with van der Waals surface area (Å²) in [6, 6.07) is 11.9. The van der Waals surface area contributed by atoms with Crippen LogP contribution in [0.2, 0.25) is 0 Å². The fourth-order valence-electron chi connectivity index (χ4n) is 2.72. The van der Waals surface area contributed by atoms with Crippen LogP contribution in [0.4, 0.5) is 10.5 Å². The SMILES string of the molecule is CS(=O)(=O)Nc1cccc(C(=O)OCC(=O)NC(=O)NCC2COc3ccccc3O2)c1. The lowest BCUT2D eigenvalue weighted by Crippen LogP contribution is -2.46. The number of carbonyl (C=O) groups excluding carboxylic acids is 3. The van der Waals surface area contributed by atoms with Crippen molar-refractivity contribution in [3.8, 4) is 11.5 Å². The average Bonchev–Trinajstić information content (AvgIpc) is 2.75. The molecule has 32 heavy (non-hydrogen) atoms. The summed E-state index contributed by atoms with van der Waals surface area (Å²) >= 11 is 0. The molecule has 0 saturated heterocycles. The Balaban J connectivity index is 1.40. The zero-order valence-corrected chi connectivity index (χ0v) is 17.8. The number of benzene rings is 2. The van der Waals surface area contributed by atoms with Crippen molar-refractivity contribution in [3.63, 3.8) is 0 Å². The quantitative estimate of drug-likeness (QED) is 0.513. The molecule has 1 atom stereocenters. The molecule has 12 heteroatoms. The van der Waals surface area contributed by atoms with Crippen LogP contribution in [0.5, 0.6) is 11.5 Å². The van der Waals surface area contributed by atoms with Crippen molar-refractivity contribution in [2.24, 2.45) is 0 Å². The van der Waals surface area contributed by atoms with Gasteiger partial charge in [-0.2, -0.15) is 0 Å². The maximum atomic E-state index is 12.1. The van der Waals surface area contributed by atoms with Crippen molar-refractivity contribution in [1.82, 2.24) is 10.6 Å². The molecule has 0 radical (unpaired) electrons. The van der Waals surface area contributed by atoms with Crippen LogP contribution in [-0.4, -0.2) is 58.4 Å². The summed E-state index contributed by atoms with van der Waals surface area (Å²) in [5.74, 6) is -0.524. The minimum absolute atomic E-state index is 0.0330. The van der Waals surface area contributed by atoms with Gasteiger partial charge in [0.25, 0.3) is 5.91 Å². The van der Waals surface area contributed by atoms with E-state index in [0.29, 0.717) is 11.5 Å². The van der Waals surface area contributed by atoms with Gasteiger partial charge in [0.2, 0.25) is 10.0 Å². The molecule has 1 heterocycles. The monoisotopic (exact) mass is 463 g/mol. The Morgan fingerprint density at radius 3 is 2.59 bits per heavy atom. The van der Waals surface area contributed by atoms with Gasteiger partial charge in [0, 0.05) is 5.69 Å². The summed E-state index contributed by atoms with van der Waals surface area (Å²) in [6.07, 6.45) is 0.538. The maximum Gasteiger partial charge on any atom is 0.338 e. The number of nitrogens with one attached hydrogen (secondary N) is 3. The van der Waals surface area contributed by atoms with Crippen molar-refractivity contribution in [3.05, 3.63) is 54.1 Å². The van der Waals surface area contributed by atoms with Gasteiger partial charge in [-0.1, -0.05) is 18.2 Å². The summed E-state index contributed by atoms with van der Waals surface area (Å²) in [5, 5.41) is 4.51. The minimum Gasteiger partial charge on any atom is -0.486 e. The van der Waals surface area contributed by atoms with E-state index in [4.69, 9.17) is 14.2 Å². The normalized spacial score (nSPS) is 14.7. The van der Waals surface area contributed by atoms with E-state index in [1.807, 2.05) is 11.4 Å². The van der Waals surface area contributed by atoms with Gasteiger partial charge in [0.05, 0.1) is 18.4 Å². The Morgan fingerprint density at radius 2 is 1.84 bits per heavy atom. The van der Waals surface area contributed by atoms with Crippen molar-refractivity contribution >= 4 is 33.6 Å². The number of amides is 3. The lowest BCUT2D eigenvalue weighted by Gasteiger charge is -2.26. The highest BCUT2D eigenvalue weighted by Crippen LogP contribution is 2.30. The number of rotatable bonds is 7. The first-order valence-corrected chi connectivity index (χ1v) is 11.3. The molecular weight excluding hydrogens is 442 g/mol. The van der Waals surface area contributed by atoms with E-state index in [1.165, 1.54) is 24.3 Å². The number of esters is 1. The molecule has 170 valence electrons. The van der Waals surface area contributed by atoms with Crippen LogP contribution in [0.1, 0.15) is 10.4 Å². The molecule has 0 spiro atoms. The number of sulfonamides is 1. The second-order valence-electron chi connectivity index (χ2n) is 6.79. The molecule has 1 aliphatic rings. The Kier molecular flexibility index (Phi) is 7.15. The molecule has 0 saturated carbocycles. The largest absolute Gasteiger partial charge is 0.486 e. The van der Waals surface area contributed by atoms with Gasteiger partial charge in [0.1, 0.15) is 6.61 Å². The van der Waals surface area contributed by atoms with Crippen LogP contribution < -0.4 is 24.8 Å². The second-order valence-corrected chi connectivity index (χ2v) is 8.54. The Hall–Kier alpha value is -3.80. The Labute approximate surface area is 184 Å². The molecule has 3 rings (SSSR count). The third-order valence-electron chi connectivity index (χ3n) is 4.05. The average molecular weight is 463 g/mol. The predicted octanol–water partition coefficient (Wildman–Crippen LogP) is 0.881. The van der Waals surface area contributed by atoms with E-state index in [9.17, 15) is 22.8 Å². The Morgan fingerprint density at radius 1 is 1.09 bits per heavy atom. The van der Waals surface area contributed by atoms with Crippen LogP contribution in [0, 0.1) is 0 Å². The third-order valence-corrected chi connectivity index (χ3v) is 4.65. The number of fused-ring (bicyclic) bond motifs is 1. The lowest BCUT2D eigenvalue weighted by molar-refractivity contribution is -0.123. The molecule has 0 fully saturated rings. The van der Waals surface area contributed by atoms with E-state index in [1.54, 1.807) is 18.2 Å². The molecular formula is C20H21N3O8S. The fourth-order valence-corrected chi connectivity index (χ4v) is 3.27. The third kappa shape index (κ3) is 6.87. The van der Waals surface area contributed by atoms with Crippen LogP contribution in [0.15, 0.2) is 48.5 Å². The molecule has 11 nitrogen and oxygen atoms in total. The maximum absolute atomic E-state index is 12.1. The van der Waals surface area contributed by atoms with E-state index >= 15 is 0 Å². The minimum atomic E-state index is -3.51. The highest BCUT2D eigenvalue weighted by molar-refractivity contribution is 7.92. The molecule has 1 unspecified atom stereocenters. The number of para-hydroxylation sites is 2. The van der Waals surface area contributed by atoms with Crippen LogP contribution in [0.3, 0.4) is 0 Å². The predicted molar refractivity (Wildman–Crippen MR) is 113 cm³/mol. The topological polar surface area (TPSA) is 149 Å². The van der Waals surface area contributed by atoms with Crippen LogP contribution >= 0.6 is 0 Å². The molecule has 3 N–H and O–H groups in total. The number of carbonyl (C=O) groups is 3. The van der Waals surface area contributed by atoms with Crippen LogP contribution in [0.25, 0.3) is 0 Å². The summed E-state index contributed by atoms with van der Waals surface area (Å²) in [6.45, 7) is -0.379. The highest BCUT2D eigenvalue weighted by atomic mass is 32.2. The number of ether oxygens (including phenoxy) is 3. The summed E-state index contributed by atoms with van der Waals surface area (Å²) in [4.78, 5) is 35.8. The van der Waals surface area contributed by atoms with Gasteiger partial charge in [-0.3, -0.25) is 14.8 Å². The van der Waals surface area contributed by atoms with E-state index in [-0.39, 0.29) is 24.4 Å². The fraction of sp³-hybridized carbons (Fsp3) is 0.250. The number of hydrogen-bond donors (Lipinski definition) is 3. The number of hydrogen-bond acceptors (Lipinski definition) is 8. The van der Waals surface area contributed by atoms with E-state index in [0.717, 1.165) is 6.26 Å². The molecule has 0 aliphatic carbocycles. The molecule has 2 aromatic carbocycles.